The van der Waals surface area contributed by atoms with E-state index >= 15 is 0 Å². The Labute approximate surface area is 109 Å². The summed E-state index contributed by atoms with van der Waals surface area (Å²) in [5.41, 5.74) is 0. The molecule has 2 aliphatic rings. The Morgan fingerprint density at radius 3 is 3.17 bits per heavy atom. The number of hydrogen-bond acceptors (Lipinski definition) is 3. The average molecular weight is 248 g/mol. The number of imidazole rings is 1. The molecule has 0 amide bonds. The monoisotopic (exact) mass is 248 g/mol. The first-order valence-electron chi connectivity index (χ1n) is 7.35. The molecule has 1 N–H and O–H groups in total. The molecule has 2 aliphatic heterocycles. The number of aryl methyl sites for hydroxylation is 1. The number of aromatic nitrogens is 2. The van der Waals surface area contributed by atoms with E-state index in [1.807, 2.05) is 18.7 Å². The Hall–Kier alpha value is -0.870. The molecule has 2 fully saturated rings. The van der Waals surface area contributed by atoms with Crippen LogP contribution in [0, 0.1) is 0 Å². The summed E-state index contributed by atoms with van der Waals surface area (Å²) in [5.74, 6) is 0. The van der Waals surface area contributed by atoms with Crippen LogP contribution in [-0.4, -0.2) is 46.2 Å². The third kappa shape index (κ3) is 2.93. The van der Waals surface area contributed by atoms with Crippen molar-refractivity contribution in [3.63, 3.8) is 0 Å². The summed E-state index contributed by atoms with van der Waals surface area (Å²) in [7, 11) is 0. The molecule has 0 bridgehead atoms. The number of piperidine rings is 1. The summed E-state index contributed by atoms with van der Waals surface area (Å²) in [6.45, 7) is 4.87. The Morgan fingerprint density at radius 2 is 2.28 bits per heavy atom. The standard InChI is InChI=1S/C14H24N4/c1-3-14-11-13(4-9-18(14)8-1)16-5-2-7-17-10-6-15-12-17/h6,10,12-14,16H,1-5,7-9,11H2. The van der Waals surface area contributed by atoms with Crippen molar-refractivity contribution in [2.75, 3.05) is 19.6 Å². The highest BCUT2D eigenvalue weighted by atomic mass is 15.2. The molecule has 0 aromatic carbocycles. The SMILES string of the molecule is c1cn(CCCNC2CCN3CCCC3C2)cn1. The molecule has 1 aromatic heterocycles. The lowest BCUT2D eigenvalue weighted by Gasteiger charge is -2.35. The minimum Gasteiger partial charge on any atom is -0.337 e. The van der Waals surface area contributed by atoms with Crippen LogP contribution in [0.4, 0.5) is 0 Å². The Bertz CT molecular complexity index is 349. The highest BCUT2D eigenvalue weighted by Crippen LogP contribution is 2.26. The van der Waals surface area contributed by atoms with Gasteiger partial charge < -0.3 is 14.8 Å². The predicted octanol–water partition coefficient (Wildman–Crippen LogP) is 1.49. The van der Waals surface area contributed by atoms with Gasteiger partial charge in [-0.2, -0.15) is 0 Å². The average Bonchev–Trinajstić information content (AvgIpc) is 3.05. The van der Waals surface area contributed by atoms with Crippen LogP contribution in [0.2, 0.25) is 0 Å². The van der Waals surface area contributed by atoms with Crippen molar-refractivity contribution in [2.24, 2.45) is 0 Å². The summed E-state index contributed by atoms with van der Waals surface area (Å²) >= 11 is 0. The molecule has 100 valence electrons. The van der Waals surface area contributed by atoms with E-state index in [-0.39, 0.29) is 0 Å². The van der Waals surface area contributed by atoms with Crippen LogP contribution in [0.25, 0.3) is 0 Å². The predicted molar refractivity (Wildman–Crippen MR) is 72.5 cm³/mol. The van der Waals surface area contributed by atoms with Gasteiger partial charge >= 0.3 is 0 Å². The summed E-state index contributed by atoms with van der Waals surface area (Å²) < 4.78 is 2.15. The van der Waals surface area contributed by atoms with Crippen LogP contribution < -0.4 is 5.32 Å². The molecular weight excluding hydrogens is 224 g/mol. The van der Waals surface area contributed by atoms with Gasteiger partial charge in [0, 0.05) is 31.0 Å². The highest BCUT2D eigenvalue weighted by molar-refractivity contribution is 4.89. The Morgan fingerprint density at radius 1 is 1.28 bits per heavy atom. The fourth-order valence-electron chi connectivity index (χ4n) is 3.40. The van der Waals surface area contributed by atoms with Gasteiger partial charge in [-0.1, -0.05) is 0 Å². The number of rotatable bonds is 5. The molecule has 1 aromatic rings. The second kappa shape index (κ2) is 5.85. The lowest BCUT2D eigenvalue weighted by Crippen LogP contribution is -2.45. The number of fused-ring (bicyclic) bond motifs is 1. The maximum Gasteiger partial charge on any atom is 0.0945 e. The van der Waals surface area contributed by atoms with E-state index in [1.54, 1.807) is 0 Å². The molecule has 18 heavy (non-hydrogen) atoms. The Balaban J connectivity index is 1.34. The van der Waals surface area contributed by atoms with E-state index in [9.17, 15) is 0 Å². The zero-order valence-corrected chi connectivity index (χ0v) is 11.1. The summed E-state index contributed by atoms with van der Waals surface area (Å²) in [6, 6.07) is 1.64. The molecule has 3 heterocycles. The molecule has 0 aliphatic carbocycles. The van der Waals surface area contributed by atoms with E-state index in [0.29, 0.717) is 0 Å². The quantitative estimate of drug-likeness (QED) is 0.802. The maximum absolute atomic E-state index is 4.06. The van der Waals surface area contributed by atoms with Gasteiger partial charge in [-0.05, 0) is 51.7 Å². The second-order valence-electron chi connectivity index (χ2n) is 5.66. The molecule has 4 heteroatoms. The summed E-state index contributed by atoms with van der Waals surface area (Å²) in [5, 5.41) is 3.74. The smallest absolute Gasteiger partial charge is 0.0945 e. The fraction of sp³-hybridized carbons (Fsp3) is 0.786. The van der Waals surface area contributed by atoms with Crippen LogP contribution in [0.3, 0.4) is 0 Å². The van der Waals surface area contributed by atoms with Gasteiger partial charge in [0.2, 0.25) is 0 Å². The van der Waals surface area contributed by atoms with Crippen molar-refractivity contribution >= 4 is 0 Å². The van der Waals surface area contributed by atoms with Crippen molar-refractivity contribution in [2.45, 2.75) is 50.7 Å². The largest absolute Gasteiger partial charge is 0.337 e. The lowest BCUT2D eigenvalue weighted by atomic mass is 9.97. The van der Waals surface area contributed by atoms with Crippen molar-refractivity contribution in [3.05, 3.63) is 18.7 Å². The normalized spacial score (nSPS) is 28.4. The van der Waals surface area contributed by atoms with Crippen molar-refractivity contribution in [1.29, 1.82) is 0 Å². The second-order valence-corrected chi connectivity index (χ2v) is 5.66. The van der Waals surface area contributed by atoms with Crippen LogP contribution in [0.1, 0.15) is 32.1 Å². The van der Waals surface area contributed by atoms with E-state index < -0.39 is 0 Å². The lowest BCUT2D eigenvalue weighted by molar-refractivity contribution is 0.167. The van der Waals surface area contributed by atoms with Crippen LogP contribution >= 0.6 is 0 Å². The summed E-state index contributed by atoms with van der Waals surface area (Å²) in [6.07, 6.45) is 12.5. The van der Waals surface area contributed by atoms with Crippen molar-refractivity contribution in [1.82, 2.24) is 19.8 Å². The first-order valence-corrected chi connectivity index (χ1v) is 7.35. The van der Waals surface area contributed by atoms with E-state index in [1.165, 1.54) is 45.2 Å². The first kappa shape index (κ1) is 12.2. The van der Waals surface area contributed by atoms with Crippen LogP contribution in [0.15, 0.2) is 18.7 Å². The minimum atomic E-state index is 0.757. The van der Waals surface area contributed by atoms with Gasteiger partial charge in [0.05, 0.1) is 6.33 Å². The third-order valence-corrected chi connectivity index (χ3v) is 4.41. The molecule has 0 spiro atoms. The molecule has 0 radical (unpaired) electrons. The maximum atomic E-state index is 4.06. The molecule has 3 rings (SSSR count). The number of nitrogens with zero attached hydrogens (tertiary/aromatic N) is 3. The van der Waals surface area contributed by atoms with Gasteiger partial charge in [-0.15, -0.1) is 0 Å². The number of hydrogen-bond donors (Lipinski definition) is 1. The number of nitrogens with one attached hydrogen (secondary N) is 1. The highest BCUT2D eigenvalue weighted by Gasteiger charge is 2.31. The third-order valence-electron chi connectivity index (χ3n) is 4.41. The molecule has 2 saturated heterocycles. The minimum absolute atomic E-state index is 0.757. The van der Waals surface area contributed by atoms with Gasteiger partial charge in [-0.25, -0.2) is 4.98 Å². The van der Waals surface area contributed by atoms with E-state index in [2.05, 4.69) is 19.8 Å². The molecular formula is C14H24N4. The van der Waals surface area contributed by atoms with Crippen LogP contribution in [0.5, 0.6) is 0 Å². The van der Waals surface area contributed by atoms with Gasteiger partial charge in [0.1, 0.15) is 0 Å². The topological polar surface area (TPSA) is 33.1 Å². The Kier molecular flexibility index (Phi) is 3.96. The van der Waals surface area contributed by atoms with Crippen molar-refractivity contribution < 1.29 is 0 Å². The van der Waals surface area contributed by atoms with Gasteiger partial charge in [0.15, 0.2) is 0 Å². The zero-order chi connectivity index (χ0) is 12.2. The van der Waals surface area contributed by atoms with Crippen molar-refractivity contribution in [3.8, 4) is 0 Å². The summed E-state index contributed by atoms with van der Waals surface area (Å²) in [4.78, 5) is 6.75. The van der Waals surface area contributed by atoms with Gasteiger partial charge in [0.25, 0.3) is 0 Å². The first-order chi connectivity index (χ1) is 8.92. The van der Waals surface area contributed by atoms with E-state index in [4.69, 9.17) is 0 Å². The molecule has 2 unspecified atom stereocenters. The molecule has 2 atom stereocenters. The zero-order valence-electron chi connectivity index (χ0n) is 11.1. The van der Waals surface area contributed by atoms with Gasteiger partial charge in [-0.3, -0.25) is 0 Å². The molecule has 4 nitrogen and oxygen atoms in total. The van der Waals surface area contributed by atoms with Crippen LogP contribution in [-0.2, 0) is 6.54 Å². The van der Waals surface area contributed by atoms with E-state index in [0.717, 1.165) is 25.2 Å². The molecule has 0 saturated carbocycles. The fourth-order valence-corrected chi connectivity index (χ4v) is 3.40.